The van der Waals surface area contributed by atoms with Crippen molar-refractivity contribution in [1.29, 1.82) is 0 Å². The molecule has 3 aromatic carbocycles. The van der Waals surface area contributed by atoms with Crippen LogP contribution in [-0.4, -0.2) is 23.1 Å². The van der Waals surface area contributed by atoms with Gasteiger partial charge >= 0.3 is 0 Å². The Bertz CT molecular complexity index is 1280. The predicted molar refractivity (Wildman–Crippen MR) is 136 cm³/mol. The van der Waals surface area contributed by atoms with Crippen LogP contribution >= 0.6 is 35.2 Å². The highest BCUT2D eigenvalue weighted by Crippen LogP contribution is 2.34. The molecule has 1 amide bonds. The van der Waals surface area contributed by atoms with Crippen molar-refractivity contribution in [2.24, 2.45) is 0 Å². The lowest BCUT2D eigenvalue weighted by atomic mass is 10.2. The number of thiazole rings is 1. The molecule has 4 aromatic rings. The van der Waals surface area contributed by atoms with Gasteiger partial charge in [-0.1, -0.05) is 35.9 Å². The van der Waals surface area contributed by atoms with E-state index in [2.05, 4.69) is 10.6 Å². The maximum atomic E-state index is 12.2. The molecular weight excluding hydrogens is 462 g/mol. The summed E-state index contributed by atoms with van der Waals surface area (Å²) in [7, 11) is 1.58. The first-order valence-corrected chi connectivity index (χ1v) is 11.2. The van der Waals surface area contributed by atoms with Gasteiger partial charge in [0, 0.05) is 16.7 Å². The summed E-state index contributed by atoms with van der Waals surface area (Å²) in [5.41, 5.74) is 3.37. The molecule has 0 saturated heterocycles. The molecular formula is C24H18ClN3O2S2. The molecule has 8 heteroatoms. The average molecular weight is 480 g/mol. The van der Waals surface area contributed by atoms with E-state index in [1.165, 1.54) is 6.08 Å². The quantitative estimate of drug-likeness (QED) is 0.265. The number of methoxy groups -OCH3 is 1. The highest BCUT2D eigenvalue weighted by molar-refractivity contribution is 7.80. The third kappa shape index (κ3) is 5.31. The molecule has 0 fully saturated rings. The molecule has 4 rings (SSSR count). The van der Waals surface area contributed by atoms with Crippen molar-refractivity contribution in [3.8, 4) is 16.3 Å². The lowest BCUT2D eigenvalue weighted by molar-refractivity contribution is -0.115. The van der Waals surface area contributed by atoms with Crippen molar-refractivity contribution < 1.29 is 9.53 Å². The number of carbonyl (C=O) groups is 1. The highest BCUT2D eigenvalue weighted by Gasteiger charge is 2.12. The largest absolute Gasteiger partial charge is 0.495 e. The molecule has 0 aliphatic carbocycles. The smallest absolute Gasteiger partial charge is 0.250 e. The number of nitrogens with one attached hydrogen (secondary N) is 2. The van der Waals surface area contributed by atoms with E-state index >= 15 is 0 Å². The number of rotatable bonds is 5. The van der Waals surface area contributed by atoms with Gasteiger partial charge < -0.3 is 10.1 Å². The van der Waals surface area contributed by atoms with Gasteiger partial charge in [0.1, 0.15) is 10.8 Å². The number of hydrogen-bond acceptors (Lipinski definition) is 5. The molecule has 1 heterocycles. The molecule has 0 aliphatic heterocycles. The summed E-state index contributed by atoms with van der Waals surface area (Å²) < 4.78 is 6.55. The number of hydrogen-bond donors (Lipinski definition) is 2. The van der Waals surface area contributed by atoms with Crippen LogP contribution in [0.2, 0.25) is 5.02 Å². The number of para-hydroxylation sites is 1. The Kier molecular flexibility index (Phi) is 6.80. The Morgan fingerprint density at radius 2 is 1.91 bits per heavy atom. The summed E-state index contributed by atoms with van der Waals surface area (Å²) in [5.74, 6) is 0.252. The van der Waals surface area contributed by atoms with E-state index in [1.54, 1.807) is 36.7 Å². The summed E-state index contributed by atoms with van der Waals surface area (Å²) in [6, 6.07) is 20.8. The van der Waals surface area contributed by atoms with Crippen LogP contribution in [-0.2, 0) is 4.79 Å². The van der Waals surface area contributed by atoms with Gasteiger partial charge in [-0.25, -0.2) is 4.98 Å². The summed E-state index contributed by atoms with van der Waals surface area (Å²) in [6.45, 7) is 0. The van der Waals surface area contributed by atoms with E-state index in [0.29, 0.717) is 16.5 Å². The van der Waals surface area contributed by atoms with Gasteiger partial charge in [-0.3, -0.25) is 10.1 Å². The topological polar surface area (TPSA) is 63.2 Å². The van der Waals surface area contributed by atoms with E-state index in [-0.39, 0.29) is 11.0 Å². The van der Waals surface area contributed by atoms with Crippen molar-refractivity contribution in [2.45, 2.75) is 0 Å². The zero-order chi connectivity index (χ0) is 22.5. The molecule has 160 valence electrons. The number of benzene rings is 3. The molecule has 0 saturated carbocycles. The Labute approximate surface area is 199 Å². The van der Waals surface area contributed by atoms with Gasteiger partial charge in [0.15, 0.2) is 5.11 Å². The van der Waals surface area contributed by atoms with Crippen LogP contribution in [0.4, 0.5) is 5.69 Å². The van der Waals surface area contributed by atoms with Crippen molar-refractivity contribution in [1.82, 2.24) is 10.3 Å². The van der Waals surface area contributed by atoms with Crippen LogP contribution in [0.3, 0.4) is 0 Å². The third-order valence-electron chi connectivity index (χ3n) is 4.52. The van der Waals surface area contributed by atoms with Crippen LogP contribution in [0.1, 0.15) is 5.56 Å². The minimum atomic E-state index is -0.348. The molecule has 32 heavy (non-hydrogen) atoms. The first kappa shape index (κ1) is 22.0. The molecule has 5 nitrogen and oxygen atoms in total. The van der Waals surface area contributed by atoms with Gasteiger partial charge in [-0.2, -0.15) is 0 Å². The van der Waals surface area contributed by atoms with Gasteiger partial charge in [0.05, 0.1) is 23.0 Å². The number of ether oxygens (including phenoxy) is 1. The molecule has 1 aromatic heterocycles. The van der Waals surface area contributed by atoms with Crippen molar-refractivity contribution in [2.75, 3.05) is 12.4 Å². The predicted octanol–water partition coefficient (Wildman–Crippen LogP) is 6.15. The summed E-state index contributed by atoms with van der Waals surface area (Å²) >= 11 is 12.8. The number of carbonyl (C=O) groups excluding carboxylic acids is 1. The first-order chi connectivity index (χ1) is 15.5. The third-order valence-corrected chi connectivity index (χ3v) is 6.06. The molecule has 0 aliphatic rings. The Morgan fingerprint density at radius 1 is 1.12 bits per heavy atom. The van der Waals surface area contributed by atoms with E-state index in [9.17, 15) is 4.79 Å². The molecule has 0 unspecified atom stereocenters. The lowest BCUT2D eigenvalue weighted by Crippen LogP contribution is -2.32. The van der Waals surface area contributed by atoms with Crippen LogP contribution < -0.4 is 15.4 Å². The van der Waals surface area contributed by atoms with Crippen LogP contribution in [0.5, 0.6) is 5.75 Å². The number of nitrogens with zero attached hydrogens (tertiary/aromatic N) is 1. The van der Waals surface area contributed by atoms with E-state index in [1.807, 2.05) is 54.6 Å². The van der Waals surface area contributed by atoms with Gasteiger partial charge in [0.2, 0.25) is 5.91 Å². The zero-order valence-electron chi connectivity index (χ0n) is 17.0. The summed E-state index contributed by atoms with van der Waals surface area (Å²) in [5, 5.41) is 7.37. The Hall–Kier alpha value is -3.26. The minimum Gasteiger partial charge on any atom is -0.495 e. The van der Waals surface area contributed by atoms with Gasteiger partial charge in [-0.05, 0) is 66.3 Å². The monoisotopic (exact) mass is 479 g/mol. The molecule has 0 bridgehead atoms. The fourth-order valence-electron chi connectivity index (χ4n) is 2.99. The van der Waals surface area contributed by atoms with Crippen molar-refractivity contribution in [3.63, 3.8) is 0 Å². The Morgan fingerprint density at radius 3 is 2.66 bits per heavy atom. The molecule has 0 radical (unpaired) electrons. The second kappa shape index (κ2) is 9.91. The first-order valence-electron chi connectivity index (χ1n) is 9.61. The van der Waals surface area contributed by atoms with Crippen molar-refractivity contribution in [3.05, 3.63) is 83.4 Å². The maximum Gasteiger partial charge on any atom is 0.250 e. The standard InChI is InChI=1S/C24H18ClN3O2S2/c1-30-20-12-9-16(23-26-18-4-2-3-5-21(18)32-23)14-19(20)27-24(31)28-22(29)13-8-15-6-10-17(25)11-7-15/h2-14H,1H3,(H2,27,28,29,31)/b13-8+. The Balaban J connectivity index is 1.47. The highest BCUT2D eigenvalue weighted by atomic mass is 35.5. The second-order valence-electron chi connectivity index (χ2n) is 6.73. The normalized spacial score (nSPS) is 10.9. The number of halogens is 1. The number of thiocarbonyl (C=S) groups is 1. The van der Waals surface area contributed by atoms with Crippen LogP contribution in [0.25, 0.3) is 26.9 Å². The summed E-state index contributed by atoms with van der Waals surface area (Å²) in [6.07, 6.45) is 3.09. The fraction of sp³-hybridized carbons (Fsp3) is 0.0417. The average Bonchev–Trinajstić information content (AvgIpc) is 3.23. The molecule has 2 N–H and O–H groups in total. The van der Waals surface area contributed by atoms with Gasteiger partial charge in [-0.15, -0.1) is 11.3 Å². The van der Waals surface area contributed by atoms with Crippen LogP contribution in [0.15, 0.2) is 72.8 Å². The zero-order valence-corrected chi connectivity index (χ0v) is 19.4. The van der Waals surface area contributed by atoms with E-state index < -0.39 is 0 Å². The number of amides is 1. The van der Waals surface area contributed by atoms with Gasteiger partial charge in [0.25, 0.3) is 0 Å². The maximum absolute atomic E-state index is 12.2. The molecule has 0 atom stereocenters. The fourth-order valence-corrected chi connectivity index (χ4v) is 4.29. The second-order valence-corrected chi connectivity index (χ2v) is 8.61. The number of anilines is 1. The number of aromatic nitrogens is 1. The number of fused-ring (bicyclic) bond motifs is 1. The SMILES string of the molecule is COc1ccc(-c2nc3ccccc3s2)cc1NC(=S)NC(=O)/C=C/c1ccc(Cl)cc1. The lowest BCUT2D eigenvalue weighted by Gasteiger charge is -2.13. The van der Waals surface area contributed by atoms with Crippen LogP contribution in [0, 0.1) is 0 Å². The minimum absolute atomic E-state index is 0.163. The van der Waals surface area contributed by atoms with E-state index in [0.717, 1.165) is 26.4 Å². The summed E-state index contributed by atoms with van der Waals surface area (Å²) in [4.78, 5) is 16.9. The van der Waals surface area contributed by atoms with Crippen molar-refractivity contribution >= 4 is 68.2 Å². The molecule has 0 spiro atoms. The van der Waals surface area contributed by atoms with E-state index in [4.69, 9.17) is 33.5 Å².